The first-order chi connectivity index (χ1) is 7.86. The van der Waals surface area contributed by atoms with Crippen LogP contribution in [0.25, 0.3) is 0 Å². The van der Waals surface area contributed by atoms with Gasteiger partial charge in [0.15, 0.2) is 0 Å². The molecule has 1 N–H and O–H groups in total. The summed E-state index contributed by atoms with van der Waals surface area (Å²) in [7, 11) is 2.02. The second-order valence-corrected chi connectivity index (χ2v) is 5.85. The monoisotopic (exact) mass is 237 g/mol. The van der Waals surface area contributed by atoms with Crippen molar-refractivity contribution in [2.75, 3.05) is 6.54 Å². The van der Waals surface area contributed by atoms with E-state index < -0.39 is 0 Å². The van der Waals surface area contributed by atoms with Crippen LogP contribution in [-0.4, -0.2) is 16.3 Å². The third-order valence-corrected chi connectivity index (χ3v) is 3.84. The zero-order chi connectivity index (χ0) is 13.1. The van der Waals surface area contributed by atoms with E-state index in [4.69, 9.17) is 0 Å². The van der Waals surface area contributed by atoms with Gasteiger partial charge in [0.1, 0.15) is 0 Å². The van der Waals surface area contributed by atoms with E-state index in [0.29, 0.717) is 11.3 Å². The molecular weight excluding hydrogens is 210 g/mol. The molecule has 0 radical (unpaired) electrons. The number of hydrogen-bond donors (Lipinski definition) is 1. The lowest BCUT2D eigenvalue weighted by Gasteiger charge is -2.29. The average molecular weight is 237 g/mol. The topological polar surface area (TPSA) is 29.9 Å². The normalized spacial score (nSPS) is 12.4. The molecule has 0 aliphatic rings. The van der Waals surface area contributed by atoms with Gasteiger partial charge in [0.05, 0.1) is 11.4 Å². The van der Waals surface area contributed by atoms with Gasteiger partial charge in [-0.3, -0.25) is 4.68 Å². The summed E-state index contributed by atoms with van der Waals surface area (Å²) in [6, 6.07) is 2.19. The summed E-state index contributed by atoms with van der Waals surface area (Å²) in [6.07, 6.45) is 1.01. The Bertz CT molecular complexity index is 350. The molecule has 0 aliphatic carbocycles. The number of nitrogens with zero attached hydrogens (tertiary/aromatic N) is 2. The van der Waals surface area contributed by atoms with Crippen molar-refractivity contribution in [3.63, 3.8) is 0 Å². The van der Waals surface area contributed by atoms with Gasteiger partial charge in [-0.05, 0) is 23.8 Å². The number of hydrogen-bond acceptors (Lipinski definition) is 2. The van der Waals surface area contributed by atoms with Gasteiger partial charge in [-0.1, -0.05) is 34.6 Å². The van der Waals surface area contributed by atoms with Gasteiger partial charge in [0.25, 0.3) is 0 Å². The molecule has 0 aromatic carbocycles. The molecule has 1 aromatic heterocycles. The smallest absolute Gasteiger partial charge is 0.0625 e. The Kier molecular flexibility index (Phi) is 4.75. The highest BCUT2D eigenvalue weighted by Gasteiger charge is 2.21. The second-order valence-electron chi connectivity index (χ2n) is 5.85. The maximum absolute atomic E-state index is 4.46. The fraction of sp³-hybridized carbons (Fsp3) is 0.786. The van der Waals surface area contributed by atoms with E-state index in [1.807, 2.05) is 11.7 Å². The predicted molar refractivity (Wildman–Crippen MR) is 72.9 cm³/mol. The van der Waals surface area contributed by atoms with E-state index in [-0.39, 0.29) is 0 Å². The van der Waals surface area contributed by atoms with E-state index in [1.165, 1.54) is 11.4 Å². The van der Waals surface area contributed by atoms with E-state index >= 15 is 0 Å². The Morgan fingerprint density at radius 2 is 2.06 bits per heavy atom. The summed E-state index contributed by atoms with van der Waals surface area (Å²) in [6.45, 7) is 13.3. The van der Waals surface area contributed by atoms with E-state index in [1.54, 1.807) is 0 Å². The van der Waals surface area contributed by atoms with Crippen LogP contribution >= 0.6 is 0 Å². The molecule has 0 atom stereocenters. The molecule has 0 unspecified atom stereocenters. The number of aromatic nitrogens is 2. The molecule has 3 heteroatoms. The largest absolute Gasteiger partial charge is 0.311 e. The van der Waals surface area contributed by atoms with Crippen LogP contribution in [0.5, 0.6) is 0 Å². The summed E-state index contributed by atoms with van der Waals surface area (Å²) in [4.78, 5) is 0. The van der Waals surface area contributed by atoms with Gasteiger partial charge in [0.2, 0.25) is 0 Å². The number of aryl methyl sites for hydroxylation is 2. The Morgan fingerprint density at radius 1 is 1.41 bits per heavy atom. The highest BCUT2D eigenvalue weighted by atomic mass is 15.3. The minimum absolute atomic E-state index is 0.339. The first-order valence-corrected chi connectivity index (χ1v) is 6.59. The predicted octanol–water partition coefficient (Wildman–Crippen LogP) is 2.75. The molecule has 0 bridgehead atoms. The summed E-state index contributed by atoms with van der Waals surface area (Å²) >= 11 is 0. The highest BCUT2D eigenvalue weighted by molar-refractivity contribution is 5.09. The van der Waals surface area contributed by atoms with Gasteiger partial charge < -0.3 is 5.32 Å². The van der Waals surface area contributed by atoms with Crippen LogP contribution < -0.4 is 5.32 Å². The molecule has 0 fully saturated rings. The first-order valence-electron chi connectivity index (χ1n) is 6.59. The Labute approximate surface area is 106 Å². The molecule has 1 heterocycles. The van der Waals surface area contributed by atoms with Crippen LogP contribution in [0.3, 0.4) is 0 Å². The Morgan fingerprint density at radius 3 is 2.53 bits per heavy atom. The number of rotatable bonds is 6. The fourth-order valence-electron chi connectivity index (χ4n) is 1.63. The van der Waals surface area contributed by atoms with E-state index in [2.05, 4.69) is 51.1 Å². The van der Waals surface area contributed by atoms with Crippen molar-refractivity contribution < 1.29 is 0 Å². The molecule has 17 heavy (non-hydrogen) atoms. The Balaban J connectivity index is 2.48. The molecular formula is C14H27N3. The lowest BCUT2D eigenvalue weighted by atomic mass is 9.81. The van der Waals surface area contributed by atoms with Crippen LogP contribution in [0.2, 0.25) is 0 Å². The van der Waals surface area contributed by atoms with Crippen molar-refractivity contribution in [2.24, 2.45) is 18.4 Å². The van der Waals surface area contributed by atoms with Crippen molar-refractivity contribution in [1.29, 1.82) is 0 Å². The van der Waals surface area contributed by atoms with Crippen molar-refractivity contribution in [2.45, 2.75) is 47.6 Å². The van der Waals surface area contributed by atoms with Crippen molar-refractivity contribution in [1.82, 2.24) is 15.1 Å². The van der Waals surface area contributed by atoms with Gasteiger partial charge >= 0.3 is 0 Å². The highest BCUT2D eigenvalue weighted by Crippen LogP contribution is 2.24. The quantitative estimate of drug-likeness (QED) is 0.824. The second kappa shape index (κ2) is 5.67. The van der Waals surface area contributed by atoms with Gasteiger partial charge in [-0.25, -0.2) is 0 Å². The standard InChI is InChI=1S/C14H27N3/c1-7-12-8-13(17(6)16-12)9-15-10-14(4,5)11(2)3/h8,11,15H,7,9-10H2,1-6H3. The van der Waals surface area contributed by atoms with E-state index in [0.717, 1.165) is 19.5 Å². The average Bonchev–Trinajstić information content (AvgIpc) is 2.59. The van der Waals surface area contributed by atoms with Gasteiger partial charge in [-0.15, -0.1) is 0 Å². The zero-order valence-corrected chi connectivity index (χ0v) is 12.2. The van der Waals surface area contributed by atoms with Crippen LogP contribution in [0.15, 0.2) is 6.07 Å². The molecule has 1 rings (SSSR count). The zero-order valence-electron chi connectivity index (χ0n) is 12.2. The summed E-state index contributed by atoms with van der Waals surface area (Å²) in [5.74, 6) is 0.688. The van der Waals surface area contributed by atoms with Crippen LogP contribution in [-0.2, 0) is 20.0 Å². The molecule has 3 nitrogen and oxygen atoms in total. The lowest BCUT2D eigenvalue weighted by Crippen LogP contribution is -2.33. The van der Waals surface area contributed by atoms with Crippen molar-refractivity contribution in [3.05, 3.63) is 17.5 Å². The van der Waals surface area contributed by atoms with Crippen LogP contribution in [0.1, 0.15) is 46.0 Å². The maximum Gasteiger partial charge on any atom is 0.0625 e. The van der Waals surface area contributed by atoms with E-state index in [9.17, 15) is 0 Å². The van der Waals surface area contributed by atoms with Crippen LogP contribution in [0.4, 0.5) is 0 Å². The summed E-state index contributed by atoms with van der Waals surface area (Å²) in [5, 5.41) is 8.00. The van der Waals surface area contributed by atoms with Crippen LogP contribution in [0, 0.1) is 11.3 Å². The molecule has 98 valence electrons. The molecule has 0 amide bonds. The third-order valence-electron chi connectivity index (χ3n) is 3.84. The van der Waals surface area contributed by atoms with Gasteiger partial charge in [0, 0.05) is 20.1 Å². The first kappa shape index (κ1) is 14.2. The molecule has 0 spiro atoms. The number of nitrogens with one attached hydrogen (secondary N) is 1. The minimum atomic E-state index is 0.339. The lowest BCUT2D eigenvalue weighted by molar-refractivity contribution is 0.237. The van der Waals surface area contributed by atoms with Gasteiger partial charge in [-0.2, -0.15) is 5.10 Å². The SMILES string of the molecule is CCc1cc(CNCC(C)(C)C(C)C)n(C)n1. The molecule has 0 saturated heterocycles. The van der Waals surface area contributed by atoms with Crippen molar-refractivity contribution in [3.8, 4) is 0 Å². The van der Waals surface area contributed by atoms with Crippen molar-refractivity contribution >= 4 is 0 Å². The fourth-order valence-corrected chi connectivity index (χ4v) is 1.63. The molecule has 0 aliphatic heterocycles. The third kappa shape index (κ3) is 3.84. The minimum Gasteiger partial charge on any atom is -0.311 e. The summed E-state index contributed by atoms with van der Waals surface area (Å²) in [5.41, 5.74) is 2.78. The molecule has 0 saturated carbocycles. The molecule has 1 aromatic rings. The Hall–Kier alpha value is -0.830. The maximum atomic E-state index is 4.46. The summed E-state index contributed by atoms with van der Waals surface area (Å²) < 4.78 is 1.98.